The zero-order valence-electron chi connectivity index (χ0n) is 13.1. The minimum Gasteiger partial charge on any atom is -0.491 e. The molecular weight excluding hydrogens is 274 g/mol. The van der Waals surface area contributed by atoms with Crippen LogP contribution in [0.3, 0.4) is 0 Å². The molecule has 4 heteroatoms. The molecule has 4 N–H and O–H groups in total. The van der Waals surface area contributed by atoms with Crippen LogP contribution < -0.4 is 21.3 Å². The number of rotatable bonds is 4. The molecule has 0 saturated carbocycles. The number of anilines is 1. The van der Waals surface area contributed by atoms with Gasteiger partial charge < -0.3 is 10.5 Å². The van der Waals surface area contributed by atoms with Crippen LogP contribution in [0.1, 0.15) is 29.2 Å². The monoisotopic (exact) mass is 297 g/mol. The van der Waals surface area contributed by atoms with Crippen molar-refractivity contribution in [1.29, 1.82) is 0 Å². The van der Waals surface area contributed by atoms with Crippen molar-refractivity contribution in [2.24, 2.45) is 0 Å². The predicted octanol–water partition coefficient (Wildman–Crippen LogP) is 2.87. The molecule has 4 nitrogen and oxygen atoms in total. The number of nitrogens with one attached hydrogen (secondary N) is 2. The van der Waals surface area contributed by atoms with E-state index >= 15 is 0 Å². The van der Waals surface area contributed by atoms with Crippen molar-refractivity contribution in [3.63, 3.8) is 0 Å². The maximum atomic E-state index is 6.03. The van der Waals surface area contributed by atoms with Crippen LogP contribution in [-0.2, 0) is 0 Å². The van der Waals surface area contributed by atoms with Gasteiger partial charge in [0.05, 0.1) is 6.04 Å². The maximum Gasteiger partial charge on any atom is 0.125 e. The lowest BCUT2D eigenvalue weighted by molar-refractivity contribution is 0.269. The zero-order valence-corrected chi connectivity index (χ0v) is 13.1. The van der Waals surface area contributed by atoms with Gasteiger partial charge in [-0.15, -0.1) is 0 Å². The standard InChI is InChI=1S/C18H23N3O/c1-12-4-3-5-13(2)18(12)22-11-16-10-17(21-20-16)14-6-8-15(19)9-7-14/h3-9,16-17,20-21H,10-11,19H2,1-2H3. The molecule has 0 radical (unpaired) electrons. The Bertz CT molecular complexity index is 619. The molecule has 116 valence electrons. The minimum absolute atomic E-state index is 0.293. The highest BCUT2D eigenvalue weighted by atomic mass is 16.5. The van der Waals surface area contributed by atoms with Gasteiger partial charge in [0.2, 0.25) is 0 Å². The lowest BCUT2D eigenvalue weighted by Crippen LogP contribution is -2.34. The summed E-state index contributed by atoms with van der Waals surface area (Å²) < 4.78 is 6.03. The fraction of sp³-hybridized carbons (Fsp3) is 0.333. The quantitative estimate of drug-likeness (QED) is 0.760. The highest BCUT2D eigenvalue weighted by Crippen LogP contribution is 2.26. The van der Waals surface area contributed by atoms with Crippen LogP contribution >= 0.6 is 0 Å². The Labute approximate surface area is 131 Å². The number of nitrogens with two attached hydrogens (primary N) is 1. The van der Waals surface area contributed by atoms with Gasteiger partial charge >= 0.3 is 0 Å². The number of benzene rings is 2. The highest BCUT2D eigenvalue weighted by Gasteiger charge is 2.25. The Morgan fingerprint density at radius 2 is 1.73 bits per heavy atom. The summed E-state index contributed by atoms with van der Waals surface area (Å²) >= 11 is 0. The second kappa shape index (κ2) is 6.38. The van der Waals surface area contributed by atoms with Crippen molar-refractivity contribution < 1.29 is 4.74 Å². The number of ether oxygens (including phenoxy) is 1. The van der Waals surface area contributed by atoms with Crippen LogP contribution in [0.2, 0.25) is 0 Å². The second-order valence-electron chi connectivity index (χ2n) is 5.97. The first-order valence-electron chi connectivity index (χ1n) is 7.69. The molecule has 3 rings (SSSR count). The Hall–Kier alpha value is -2.04. The molecule has 1 heterocycles. The predicted molar refractivity (Wildman–Crippen MR) is 89.7 cm³/mol. The third-order valence-corrected chi connectivity index (χ3v) is 4.16. The molecule has 1 aliphatic rings. The second-order valence-corrected chi connectivity index (χ2v) is 5.97. The summed E-state index contributed by atoms with van der Waals surface area (Å²) in [6.45, 7) is 4.82. The van der Waals surface area contributed by atoms with Crippen LogP contribution in [0.4, 0.5) is 5.69 Å². The van der Waals surface area contributed by atoms with Crippen molar-refractivity contribution >= 4 is 5.69 Å². The molecule has 0 spiro atoms. The average molecular weight is 297 g/mol. The van der Waals surface area contributed by atoms with Gasteiger partial charge in [-0.3, -0.25) is 5.43 Å². The molecule has 2 aromatic rings. The number of para-hydroxylation sites is 1. The van der Waals surface area contributed by atoms with Crippen LogP contribution in [0, 0.1) is 13.8 Å². The summed E-state index contributed by atoms with van der Waals surface area (Å²) in [5.41, 5.74) is 16.8. The highest BCUT2D eigenvalue weighted by molar-refractivity contribution is 5.41. The summed E-state index contributed by atoms with van der Waals surface area (Å²) in [6.07, 6.45) is 0.995. The van der Waals surface area contributed by atoms with E-state index in [0.717, 1.165) is 17.9 Å². The lowest BCUT2D eigenvalue weighted by atomic mass is 10.0. The third-order valence-electron chi connectivity index (χ3n) is 4.16. The van der Waals surface area contributed by atoms with Crippen molar-refractivity contribution in [2.75, 3.05) is 12.3 Å². The molecule has 0 aromatic heterocycles. The first kappa shape index (κ1) is 14.9. The maximum absolute atomic E-state index is 6.03. The summed E-state index contributed by atoms with van der Waals surface area (Å²) in [7, 11) is 0. The lowest BCUT2D eigenvalue weighted by Gasteiger charge is -2.15. The summed E-state index contributed by atoms with van der Waals surface area (Å²) in [4.78, 5) is 0. The molecule has 2 aromatic carbocycles. The average Bonchev–Trinajstić information content (AvgIpc) is 2.96. The van der Waals surface area contributed by atoms with Gasteiger partial charge in [-0.25, -0.2) is 5.43 Å². The number of nitrogen functional groups attached to an aromatic ring is 1. The Morgan fingerprint density at radius 1 is 1.05 bits per heavy atom. The SMILES string of the molecule is Cc1cccc(C)c1OCC1CC(c2ccc(N)cc2)NN1. The van der Waals surface area contributed by atoms with Crippen molar-refractivity contribution in [2.45, 2.75) is 32.4 Å². The van der Waals surface area contributed by atoms with Crippen LogP contribution in [0.25, 0.3) is 0 Å². The third kappa shape index (κ3) is 3.24. The van der Waals surface area contributed by atoms with E-state index in [9.17, 15) is 0 Å². The van der Waals surface area contributed by atoms with Crippen LogP contribution in [-0.4, -0.2) is 12.6 Å². The van der Waals surface area contributed by atoms with E-state index in [0.29, 0.717) is 18.7 Å². The van der Waals surface area contributed by atoms with E-state index in [2.05, 4.69) is 55.0 Å². The van der Waals surface area contributed by atoms with E-state index in [-0.39, 0.29) is 0 Å². The molecule has 1 saturated heterocycles. The molecule has 0 bridgehead atoms. The van der Waals surface area contributed by atoms with Crippen molar-refractivity contribution in [1.82, 2.24) is 10.9 Å². The number of hydrogen-bond acceptors (Lipinski definition) is 4. The van der Waals surface area contributed by atoms with E-state index < -0.39 is 0 Å². The van der Waals surface area contributed by atoms with Gasteiger partial charge in [0.25, 0.3) is 0 Å². The fourth-order valence-electron chi connectivity index (χ4n) is 2.89. The number of hydrogen-bond donors (Lipinski definition) is 3. The zero-order chi connectivity index (χ0) is 15.5. The molecule has 1 aliphatic heterocycles. The number of hydrazine groups is 1. The van der Waals surface area contributed by atoms with E-state index in [1.54, 1.807) is 0 Å². The van der Waals surface area contributed by atoms with Gasteiger partial charge in [-0.2, -0.15) is 0 Å². The van der Waals surface area contributed by atoms with Crippen molar-refractivity contribution in [3.05, 3.63) is 59.2 Å². The van der Waals surface area contributed by atoms with Crippen molar-refractivity contribution in [3.8, 4) is 5.75 Å². The molecule has 0 aliphatic carbocycles. The van der Waals surface area contributed by atoms with Crippen LogP contribution in [0.15, 0.2) is 42.5 Å². The molecule has 2 atom stereocenters. The van der Waals surface area contributed by atoms with Gasteiger partial charge in [0.1, 0.15) is 12.4 Å². The van der Waals surface area contributed by atoms with Gasteiger partial charge in [0.15, 0.2) is 0 Å². The van der Waals surface area contributed by atoms with Gasteiger partial charge in [-0.05, 0) is 49.1 Å². The fourth-order valence-corrected chi connectivity index (χ4v) is 2.89. The Kier molecular flexibility index (Phi) is 4.32. The molecular formula is C18H23N3O. The molecule has 1 fully saturated rings. The molecule has 0 amide bonds. The topological polar surface area (TPSA) is 59.3 Å². The van der Waals surface area contributed by atoms with E-state index in [4.69, 9.17) is 10.5 Å². The summed E-state index contributed by atoms with van der Waals surface area (Å²) in [5, 5.41) is 0. The Morgan fingerprint density at radius 3 is 2.41 bits per heavy atom. The first-order valence-corrected chi connectivity index (χ1v) is 7.69. The van der Waals surface area contributed by atoms with Gasteiger partial charge in [0, 0.05) is 11.7 Å². The minimum atomic E-state index is 0.293. The van der Waals surface area contributed by atoms with Crippen LogP contribution in [0.5, 0.6) is 5.75 Å². The Balaban J connectivity index is 1.58. The van der Waals surface area contributed by atoms with Gasteiger partial charge in [-0.1, -0.05) is 30.3 Å². The number of aryl methyl sites for hydroxylation is 2. The van der Waals surface area contributed by atoms with E-state index in [1.165, 1.54) is 16.7 Å². The summed E-state index contributed by atoms with van der Waals surface area (Å²) in [5.74, 6) is 1.00. The molecule has 2 unspecified atom stereocenters. The van der Waals surface area contributed by atoms with E-state index in [1.807, 2.05) is 12.1 Å². The largest absolute Gasteiger partial charge is 0.491 e. The normalized spacial score (nSPS) is 21.0. The smallest absolute Gasteiger partial charge is 0.125 e. The molecule has 22 heavy (non-hydrogen) atoms. The summed E-state index contributed by atoms with van der Waals surface area (Å²) in [6, 6.07) is 14.8. The first-order chi connectivity index (χ1) is 10.6.